The predicted octanol–water partition coefficient (Wildman–Crippen LogP) is 3.65. The van der Waals surface area contributed by atoms with Crippen LogP contribution in [0.15, 0.2) is 47.5 Å². The molecule has 0 amide bonds. The molecule has 9 heteroatoms. The topological polar surface area (TPSA) is 59.0 Å². The van der Waals surface area contributed by atoms with Crippen molar-refractivity contribution >= 4 is 5.96 Å². The van der Waals surface area contributed by atoms with Gasteiger partial charge in [0.15, 0.2) is 5.96 Å². The van der Waals surface area contributed by atoms with Crippen LogP contribution in [0.25, 0.3) is 0 Å². The SMILES string of the molecule is CCNC(=NCc1cccc(OC)n1)N1CCOC(c2cccc(C(F)(F)F)c2)C1. The number of rotatable bonds is 5. The van der Waals surface area contributed by atoms with E-state index in [1.54, 1.807) is 19.2 Å². The monoisotopic (exact) mass is 422 g/mol. The summed E-state index contributed by atoms with van der Waals surface area (Å²) in [5.41, 5.74) is 0.581. The molecule has 1 aromatic carbocycles. The van der Waals surface area contributed by atoms with E-state index in [0.29, 0.717) is 50.2 Å². The number of nitrogens with zero attached hydrogens (tertiary/aromatic N) is 3. The molecule has 2 heterocycles. The largest absolute Gasteiger partial charge is 0.481 e. The minimum absolute atomic E-state index is 0.352. The van der Waals surface area contributed by atoms with Crippen LogP contribution in [-0.4, -0.2) is 49.2 Å². The first-order valence-electron chi connectivity index (χ1n) is 9.72. The van der Waals surface area contributed by atoms with Crippen molar-refractivity contribution in [3.8, 4) is 5.88 Å². The molecular formula is C21H25F3N4O2. The maximum absolute atomic E-state index is 13.1. The van der Waals surface area contributed by atoms with Gasteiger partial charge in [0.25, 0.3) is 0 Å². The fraction of sp³-hybridized carbons (Fsp3) is 0.429. The number of alkyl halides is 3. The van der Waals surface area contributed by atoms with Crippen molar-refractivity contribution in [2.24, 2.45) is 4.99 Å². The highest BCUT2D eigenvalue weighted by Crippen LogP contribution is 2.32. The minimum atomic E-state index is -4.38. The zero-order chi connectivity index (χ0) is 21.6. The van der Waals surface area contributed by atoms with Gasteiger partial charge >= 0.3 is 6.18 Å². The summed E-state index contributed by atoms with van der Waals surface area (Å²) in [4.78, 5) is 11.0. The molecule has 2 aromatic rings. The Labute approximate surface area is 173 Å². The summed E-state index contributed by atoms with van der Waals surface area (Å²) in [5.74, 6) is 1.19. The number of halogens is 3. The van der Waals surface area contributed by atoms with Gasteiger partial charge in [-0.2, -0.15) is 13.2 Å². The van der Waals surface area contributed by atoms with Gasteiger partial charge in [-0.3, -0.25) is 0 Å². The van der Waals surface area contributed by atoms with E-state index < -0.39 is 17.8 Å². The van der Waals surface area contributed by atoms with Crippen LogP contribution >= 0.6 is 0 Å². The van der Waals surface area contributed by atoms with Crippen LogP contribution < -0.4 is 10.1 Å². The molecule has 0 saturated carbocycles. The Bertz CT molecular complexity index is 873. The molecular weight excluding hydrogens is 397 g/mol. The number of guanidine groups is 1. The van der Waals surface area contributed by atoms with E-state index in [4.69, 9.17) is 9.47 Å². The maximum atomic E-state index is 13.1. The third-order valence-corrected chi connectivity index (χ3v) is 4.67. The molecule has 1 aliphatic rings. The lowest BCUT2D eigenvalue weighted by atomic mass is 10.0. The number of hydrogen-bond acceptors (Lipinski definition) is 4. The molecule has 1 atom stereocenters. The van der Waals surface area contributed by atoms with Gasteiger partial charge in [0, 0.05) is 19.2 Å². The molecule has 1 unspecified atom stereocenters. The highest BCUT2D eigenvalue weighted by atomic mass is 19.4. The van der Waals surface area contributed by atoms with Gasteiger partial charge in [0.05, 0.1) is 38.1 Å². The van der Waals surface area contributed by atoms with Crippen molar-refractivity contribution in [1.29, 1.82) is 0 Å². The Morgan fingerprint density at radius 3 is 2.83 bits per heavy atom. The Hall–Kier alpha value is -2.81. The van der Waals surface area contributed by atoms with Gasteiger partial charge in [-0.1, -0.05) is 18.2 Å². The van der Waals surface area contributed by atoms with E-state index >= 15 is 0 Å². The summed E-state index contributed by atoms with van der Waals surface area (Å²) < 4.78 is 50.1. The van der Waals surface area contributed by atoms with E-state index in [2.05, 4.69) is 15.3 Å². The molecule has 6 nitrogen and oxygen atoms in total. The number of ether oxygens (including phenoxy) is 2. The standard InChI is InChI=1S/C21H25F3N4O2/c1-3-25-20(26-13-17-8-5-9-19(27-17)29-2)28-10-11-30-18(14-28)15-6-4-7-16(12-15)21(22,23)24/h4-9,12,18H,3,10-11,13-14H2,1-2H3,(H,25,26). The molecule has 1 aliphatic heterocycles. The minimum Gasteiger partial charge on any atom is -0.481 e. The third-order valence-electron chi connectivity index (χ3n) is 4.67. The lowest BCUT2D eigenvalue weighted by molar-refractivity contribution is -0.137. The van der Waals surface area contributed by atoms with E-state index in [0.717, 1.165) is 17.8 Å². The zero-order valence-electron chi connectivity index (χ0n) is 16.9. The van der Waals surface area contributed by atoms with Gasteiger partial charge in [0.1, 0.15) is 6.10 Å². The van der Waals surface area contributed by atoms with E-state index in [1.807, 2.05) is 24.0 Å². The van der Waals surface area contributed by atoms with Crippen molar-refractivity contribution in [3.05, 3.63) is 59.3 Å². The summed E-state index contributed by atoms with van der Waals surface area (Å²) in [5, 5.41) is 3.24. The number of hydrogen-bond donors (Lipinski definition) is 1. The summed E-state index contributed by atoms with van der Waals surface area (Å²) in [7, 11) is 1.56. The van der Waals surface area contributed by atoms with Crippen molar-refractivity contribution in [1.82, 2.24) is 15.2 Å². The lowest BCUT2D eigenvalue weighted by Crippen LogP contribution is -2.48. The average molecular weight is 422 g/mol. The first kappa shape index (κ1) is 21.9. The normalized spacial score (nSPS) is 17.7. The second-order valence-electron chi connectivity index (χ2n) is 6.77. The highest BCUT2D eigenvalue weighted by molar-refractivity contribution is 5.80. The fourth-order valence-corrected chi connectivity index (χ4v) is 3.20. The number of pyridine rings is 1. The van der Waals surface area contributed by atoms with Crippen LogP contribution in [0.5, 0.6) is 5.88 Å². The van der Waals surface area contributed by atoms with Gasteiger partial charge in [-0.05, 0) is 30.7 Å². The molecule has 0 bridgehead atoms. The van der Waals surface area contributed by atoms with E-state index in [1.165, 1.54) is 6.07 Å². The van der Waals surface area contributed by atoms with Crippen LogP contribution in [0.2, 0.25) is 0 Å². The van der Waals surface area contributed by atoms with Gasteiger partial charge < -0.3 is 19.7 Å². The lowest BCUT2D eigenvalue weighted by Gasteiger charge is -2.35. The Balaban J connectivity index is 1.75. The Morgan fingerprint density at radius 2 is 2.10 bits per heavy atom. The van der Waals surface area contributed by atoms with E-state index in [9.17, 15) is 13.2 Å². The van der Waals surface area contributed by atoms with Crippen LogP contribution in [0.4, 0.5) is 13.2 Å². The molecule has 3 rings (SSSR count). The van der Waals surface area contributed by atoms with Crippen LogP contribution in [0, 0.1) is 0 Å². The summed E-state index contributed by atoms with van der Waals surface area (Å²) >= 11 is 0. The van der Waals surface area contributed by atoms with E-state index in [-0.39, 0.29) is 0 Å². The van der Waals surface area contributed by atoms with Crippen LogP contribution in [-0.2, 0) is 17.5 Å². The van der Waals surface area contributed by atoms with Gasteiger partial charge in [0.2, 0.25) is 5.88 Å². The number of aliphatic imine (C=N–C) groups is 1. The molecule has 0 spiro atoms. The number of methoxy groups -OCH3 is 1. The summed E-state index contributed by atoms with van der Waals surface area (Å²) in [6, 6.07) is 10.8. The first-order valence-corrected chi connectivity index (χ1v) is 9.72. The number of benzene rings is 1. The highest BCUT2D eigenvalue weighted by Gasteiger charge is 2.32. The zero-order valence-corrected chi connectivity index (χ0v) is 16.9. The van der Waals surface area contributed by atoms with Crippen molar-refractivity contribution in [2.45, 2.75) is 25.7 Å². The average Bonchev–Trinajstić information content (AvgIpc) is 2.76. The molecule has 162 valence electrons. The summed E-state index contributed by atoms with van der Waals surface area (Å²) in [6.07, 6.45) is -4.86. The van der Waals surface area contributed by atoms with Crippen molar-refractivity contribution in [3.63, 3.8) is 0 Å². The van der Waals surface area contributed by atoms with Crippen LogP contribution in [0.1, 0.15) is 29.8 Å². The van der Waals surface area contributed by atoms with Gasteiger partial charge in [-0.25, -0.2) is 9.98 Å². The van der Waals surface area contributed by atoms with Crippen molar-refractivity contribution < 1.29 is 22.6 Å². The Kier molecular flexibility index (Phi) is 7.15. The smallest absolute Gasteiger partial charge is 0.416 e. The molecule has 1 saturated heterocycles. The summed E-state index contributed by atoms with van der Waals surface area (Å²) in [6.45, 7) is 4.36. The predicted molar refractivity (Wildman–Crippen MR) is 107 cm³/mol. The van der Waals surface area contributed by atoms with Crippen LogP contribution in [0.3, 0.4) is 0 Å². The molecule has 1 N–H and O–H groups in total. The molecule has 1 aromatic heterocycles. The van der Waals surface area contributed by atoms with Gasteiger partial charge in [-0.15, -0.1) is 0 Å². The molecule has 1 fully saturated rings. The molecule has 30 heavy (non-hydrogen) atoms. The number of nitrogens with one attached hydrogen (secondary N) is 1. The quantitative estimate of drug-likeness (QED) is 0.589. The number of morpholine rings is 1. The molecule has 0 aliphatic carbocycles. The Morgan fingerprint density at radius 1 is 1.30 bits per heavy atom. The maximum Gasteiger partial charge on any atom is 0.416 e. The molecule has 0 radical (unpaired) electrons. The third kappa shape index (κ3) is 5.63. The first-order chi connectivity index (χ1) is 14.4. The second kappa shape index (κ2) is 9.80. The van der Waals surface area contributed by atoms with Crippen molar-refractivity contribution in [2.75, 3.05) is 33.4 Å². The second-order valence-corrected chi connectivity index (χ2v) is 6.77. The fourth-order valence-electron chi connectivity index (χ4n) is 3.20. The number of aromatic nitrogens is 1.